The average Bonchev–Trinajstić information content (AvgIpc) is 2.86. The van der Waals surface area contributed by atoms with Crippen LogP contribution in [0.5, 0.6) is 11.5 Å². The van der Waals surface area contributed by atoms with Crippen LogP contribution in [0.2, 0.25) is 0 Å². The number of phenolic OH excluding ortho intramolecular Hbond substituents is 1. The van der Waals surface area contributed by atoms with Crippen molar-refractivity contribution in [2.45, 2.75) is 45.7 Å². The van der Waals surface area contributed by atoms with Crippen molar-refractivity contribution in [3.63, 3.8) is 0 Å². The van der Waals surface area contributed by atoms with Crippen LogP contribution in [0, 0.1) is 17.8 Å². The fraction of sp³-hybridized carbons (Fsp3) is 0.367. The average molecular weight is 533 g/mol. The number of carbonyl (C=O) groups is 3. The van der Waals surface area contributed by atoms with Crippen LogP contribution >= 0.6 is 0 Å². The van der Waals surface area contributed by atoms with Gasteiger partial charge in [-0.15, -0.1) is 0 Å². The number of aliphatic hydroxyl groups is 2. The smallest absolute Gasteiger partial charge is 0.255 e. The summed E-state index contributed by atoms with van der Waals surface area (Å²) in [6.07, 6.45) is 0.656. The van der Waals surface area contributed by atoms with Crippen LogP contribution in [0.1, 0.15) is 48.2 Å². The highest BCUT2D eigenvalue weighted by atomic mass is 16.5. The van der Waals surface area contributed by atoms with Crippen molar-refractivity contribution in [3.05, 3.63) is 69.7 Å². The highest BCUT2D eigenvalue weighted by Crippen LogP contribution is 2.51. The molecule has 3 aliphatic rings. The van der Waals surface area contributed by atoms with Crippen molar-refractivity contribution in [2.75, 3.05) is 7.11 Å². The fourth-order valence-corrected chi connectivity index (χ4v) is 6.29. The van der Waals surface area contributed by atoms with Crippen molar-refractivity contribution >= 4 is 17.5 Å². The van der Waals surface area contributed by atoms with Gasteiger partial charge in [0.25, 0.3) is 5.91 Å². The number of fused-ring (bicyclic) bond motifs is 3. The number of carbonyl (C=O) groups excluding carboxylic acids is 3. The number of Topliss-reactive ketones (excluding diaryl/α,β-unsaturated/α-hetero) is 2. The molecule has 0 radical (unpaired) electrons. The van der Waals surface area contributed by atoms with E-state index in [0.29, 0.717) is 36.7 Å². The number of allylic oxidation sites excluding steroid dienone is 3. The number of ketones is 2. The predicted molar refractivity (Wildman–Crippen MR) is 143 cm³/mol. The second kappa shape index (κ2) is 9.89. The minimum atomic E-state index is -1.14. The summed E-state index contributed by atoms with van der Waals surface area (Å²) < 4.78 is 5.65. The molecule has 2 aromatic rings. The van der Waals surface area contributed by atoms with E-state index in [1.165, 1.54) is 6.07 Å². The van der Waals surface area contributed by atoms with Crippen LogP contribution in [0.3, 0.4) is 0 Å². The normalized spacial score (nSPS) is 22.5. The van der Waals surface area contributed by atoms with E-state index >= 15 is 0 Å². The zero-order valence-electron chi connectivity index (χ0n) is 22.1. The summed E-state index contributed by atoms with van der Waals surface area (Å²) in [5, 5.41) is 35.8. The SMILES string of the molecule is COc1ccc(CNC(C)C)cc1-c1ccc(O)c2c1CC1CC3CC(O)=C(C(N)=O)C(=O)C3C(O)=C1C2=O. The molecule has 9 heteroatoms. The number of rotatable bonds is 6. The van der Waals surface area contributed by atoms with Gasteiger partial charge in [-0.2, -0.15) is 0 Å². The third kappa shape index (κ3) is 4.36. The van der Waals surface area contributed by atoms with Crippen LogP contribution in [-0.4, -0.2) is 45.9 Å². The molecule has 39 heavy (non-hydrogen) atoms. The van der Waals surface area contributed by atoms with Crippen molar-refractivity contribution < 1.29 is 34.4 Å². The molecule has 204 valence electrons. The van der Waals surface area contributed by atoms with Crippen LogP contribution in [0.4, 0.5) is 0 Å². The molecule has 0 fully saturated rings. The molecule has 0 aliphatic heterocycles. The van der Waals surface area contributed by atoms with Gasteiger partial charge in [0.2, 0.25) is 0 Å². The topological polar surface area (TPSA) is 159 Å². The number of methoxy groups -OCH3 is 1. The van der Waals surface area contributed by atoms with E-state index in [1.807, 2.05) is 18.2 Å². The number of benzene rings is 2. The summed E-state index contributed by atoms with van der Waals surface area (Å²) >= 11 is 0. The summed E-state index contributed by atoms with van der Waals surface area (Å²) in [5.41, 5.74) is 8.08. The van der Waals surface area contributed by atoms with Crippen LogP contribution < -0.4 is 15.8 Å². The monoisotopic (exact) mass is 532 g/mol. The molecule has 1 amide bonds. The van der Waals surface area contributed by atoms with Gasteiger partial charge < -0.3 is 31.1 Å². The van der Waals surface area contributed by atoms with Gasteiger partial charge in [0, 0.05) is 30.1 Å². The van der Waals surface area contributed by atoms with Gasteiger partial charge in [0.05, 0.1) is 18.6 Å². The fourth-order valence-electron chi connectivity index (χ4n) is 6.29. The summed E-state index contributed by atoms with van der Waals surface area (Å²) in [7, 11) is 1.57. The van der Waals surface area contributed by atoms with Gasteiger partial charge in [-0.25, -0.2) is 0 Å². The molecule has 3 atom stereocenters. The Morgan fingerprint density at radius 3 is 2.51 bits per heavy atom. The first kappa shape index (κ1) is 26.5. The summed E-state index contributed by atoms with van der Waals surface area (Å²) in [6, 6.07) is 9.35. The highest BCUT2D eigenvalue weighted by molar-refractivity contribution is 6.22. The molecule has 9 nitrogen and oxygen atoms in total. The van der Waals surface area contributed by atoms with Gasteiger partial charge in [0.15, 0.2) is 11.6 Å². The Morgan fingerprint density at radius 1 is 1.10 bits per heavy atom. The Kier molecular flexibility index (Phi) is 6.72. The first-order valence-corrected chi connectivity index (χ1v) is 13.0. The number of ether oxygens (including phenoxy) is 1. The maximum Gasteiger partial charge on any atom is 0.255 e. The molecule has 0 heterocycles. The van der Waals surface area contributed by atoms with Gasteiger partial charge in [-0.1, -0.05) is 26.0 Å². The highest BCUT2D eigenvalue weighted by Gasteiger charge is 2.50. The molecule has 0 aromatic heterocycles. The molecule has 5 rings (SSSR count). The Morgan fingerprint density at radius 2 is 1.85 bits per heavy atom. The molecular weight excluding hydrogens is 500 g/mol. The van der Waals surface area contributed by atoms with Crippen LogP contribution in [0.25, 0.3) is 11.1 Å². The lowest BCUT2D eigenvalue weighted by atomic mass is 9.62. The lowest BCUT2D eigenvalue weighted by Crippen LogP contribution is -2.43. The number of primary amides is 1. The third-order valence-corrected chi connectivity index (χ3v) is 8.04. The zero-order valence-corrected chi connectivity index (χ0v) is 22.1. The maximum absolute atomic E-state index is 13.8. The molecule has 3 aliphatic carbocycles. The Labute approximate surface area is 226 Å². The van der Waals surface area contributed by atoms with Crippen molar-refractivity contribution in [1.29, 1.82) is 0 Å². The van der Waals surface area contributed by atoms with Crippen LogP contribution in [-0.2, 0) is 22.6 Å². The summed E-state index contributed by atoms with van der Waals surface area (Å²) in [4.78, 5) is 38.7. The van der Waals surface area contributed by atoms with Crippen molar-refractivity contribution in [3.8, 4) is 22.6 Å². The van der Waals surface area contributed by atoms with Crippen molar-refractivity contribution in [2.24, 2.45) is 23.5 Å². The van der Waals surface area contributed by atoms with E-state index in [0.717, 1.165) is 16.7 Å². The molecular formula is C30H32N2O7. The summed E-state index contributed by atoms with van der Waals surface area (Å²) in [5.74, 6) is -4.90. The van der Waals surface area contributed by atoms with Gasteiger partial charge in [0.1, 0.15) is 28.6 Å². The van der Waals surface area contributed by atoms with E-state index < -0.39 is 46.6 Å². The standard InChI is InChI=1S/C30H32N2O7/c1-13(2)32-12-14-4-7-22(39-3)18(8-14)17-5-6-20(33)25-19(17)10-15-9-16-11-21(34)26(30(31)38)29(37)24(16)27(35)23(15)28(25)36/h4-8,13,15-16,24,32-35H,9-12H2,1-3H3,(H2,31,38). The van der Waals surface area contributed by atoms with E-state index in [2.05, 4.69) is 19.2 Å². The number of hydrogen-bond acceptors (Lipinski definition) is 8. The van der Waals surface area contributed by atoms with E-state index in [-0.39, 0.29) is 29.1 Å². The minimum Gasteiger partial charge on any atom is -0.511 e. The third-order valence-electron chi connectivity index (χ3n) is 8.04. The molecule has 0 spiro atoms. The number of aromatic hydroxyl groups is 1. The molecule has 0 saturated carbocycles. The molecule has 0 bridgehead atoms. The molecule has 2 aromatic carbocycles. The lowest BCUT2D eigenvalue weighted by Gasteiger charge is -2.41. The summed E-state index contributed by atoms with van der Waals surface area (Å²) in [6.45, 7) is 4.76. The Bertz CT molecular complexity index is 1470. The lowest BCUT2D eigenvalue weighted by molar-refractivity contribution is -0.126. The predicted octanol–water partition coefficient (Wildman–Crippen LogP) is 3.64. The molecule has 6 N–H and O–H groups in total. The second-order valence-corrected chi connectivity index (χ2v) is 10.8. The molecule has 0 saturated heterocycles. The molecule has 3 unspecified atom stereocenters. The van der Waals surface area contributed by atoms with Crippen LogP contribution in [0.15, 0.2) is 53.0 Å². The number of nitrogens with two attached hydrogens (primary N) is 1. The number of nitrogens with one attached hydrogen (secondary N) is 1. The van der Waals surface area contributed by atoms with Gasteiger partial charge >= 0.3 is 0 Å². The largest absolute Gasteiger partial charge is 0.511 e. The number of phenols is 1. The quantitative estimate of drug-likeness (QED) is 0.353. The number of amides is 1. The van der Waals surface area contributed by atoms with E-state index in [9.17, 15) is 29.7 Å². The number of aliphatic hydroxyl groups excluding tert-OH is 2. The first-order valence-electron chi connectivity index (χ1n) is 13.0. The number of hydrogen-bond donors (Lipinski definition) is 5. The zero-order chi connectivity index (χ0) is 28.2. The van der Waals surface area contributed by atoms with E-state index in [4.69, 9.17) is 10.5 Å². The van der Waals surface area contributed by atoms with Crippen molar-refractivity contribution in [1.82, 2.24) is 5.32 Å². The first-order chi connectivity index (χ1) is 18.5. The maximum atomic E-state index is 13.8. The Balaban J connectivity index is 1.62. The van der Waals surface area contributed by atoms with E-state index in [1.54, 1.807) is 13.2 Å². The Hall–Kier alpha value is -4.11. The van der Waals surface area contributed by atoms with Gasteiger partial charge in [-0.3, -0.25) is 14.4 Å². The van der Waals surface area contributed by atoms with Gasteiger partial charge in [-0.05, 0) is 59.6 Å². The second-order valence-electron chi connectivity index (χ2n) is 10.8. The minimum absolute atomic E-state index is 0.00478.